The van der Waals surface area contributed by atoms with Crippen LogP contribution < -0.4 is 5.48 Å². The lowest BCUT2D eigenvalue weighted by Crippen LogP contribution is -2.28. The van der Waals surface area contributed by atoms with Crippen molar-refractivity contribution in [3.05, 3.63) is 34.9 Å². The minimum atomic E-state index is -4.33. The second-order valence-electron chi connectivity index (χ2n) is 3.91. The van der Waals surface area contributed by atoms with Crippen LogP contribution in [0, 0.1) is 0 Å². The molecule has 0 heterocycles. The van der Waals surface area contributed by atoms with Crippen LogP contribution in [0.15, 0.2) is 24.3 Å². The Labute approximate surface area is 109 Å². The fourth-order valence-electron chi connectivity index (χ4n) is 1.50. The summed E-state index contributed by atoms with van der Waals surface area (Å²) in [5.74, 6) is 0. The molecule has 1 atom stereocenters. The highest BCUT2D eigenvalue weighted by molar-refractivity contribution is 6.30. The molecular formula is C12H15ClF3NO. The molecule has 1 N–H and O–H groups in total. The van der Waals surface area contributed by atoms with Gasteiger partial charge in [-0.1, -0.05) is 37.1 Å². The molecule has 0 bridgehead atoms. The summed E-state index contributed by atoms with van der Waals surface area (Å²) < 4.78 is 35.9. The Morgan fingerprint density at radius 1 is 1.28 bits per heavy atom. The molecule has 1 aromatic carbocycles. The lowest BCUT2D eigenvalue weighted by Gasteiger charge is -2.19. The molecule has 2 nitrogen and oxygen atoms in total. The molecule has 0 aromatic heterocycles. The summed E-state index contributed by atoms with van der Waals surface area (Å²) in [6, 6.07) is 6.67. The molecule has 6 heteroatoms. The van der Waals surface area contributed by atoms with Gasteiger partial charge in [-0.2, -0.15) is 18.7 Å². The number of hydrogen-bond acceptors (Lipinski definition) is 2. The van der Waals surface area contributed by atoms with Crippen molar-refractivity contribution in [1.29, 1.82) is 0 Å². The van der Waals surface area contributed by atoms with Gasteiger partial charge in [-0.3, -0.25) is 4.84 Å². The maximum absolute atomic E-state index is 12.0. The van der Waals surface area contributed by atoms with Crippen LogP contribution in [0.4, 0.5) is 13.2 Å². The second-order valence-corrected chi connectivity index (χ2v) is 4.35. The Balaban J connectivity index is 2.57. The van der Waals surface area contributed by atoms with Crippen molar-refractivity contribution in [2.24, 2.45) is 0 Å². The van der Waals surface area contributed by atoms with E-state index in [4.69, 9.17) is 11.6 Å². The molecule has 0 aliphatic heterocycles. The van der Waals surface area contributed by atoms with E-state index in [2.05, 4.69) is 10.3 Å². The zero-order valence-electron chi connectivity index (χ0n) is 9.93. The molecular weight excluding hydrogens is 267 g/mol. The van der Waals surface area contributed by atoms with E-state index >= 15 is 0 Å². The van der Waals surface area contributed by atoms with E-state index in [-0.39, 0.29) is 6.04 Å². The van der Waals surface area contributed by atoms with Gasteiger partial charge in [0, 0.05) is 5.02 Å². The van der Waals surface area contributed by atoms with E-state index in [9.17, 15) is 13.2 Å². The van der Waals surface area contributed by atoms with Gasteiger partial charge < -0.3 is 0 Å². The number of hydrogen-bond donors (Lipinski definition) is 1. The van der Waals surface area contributed by atoms with Gasteiger partial charge in [0.2, 0.25) is 0 Å². The number of alkyl halides is 3. The first-order chi connectivity index (χ1) is 8.42. The summed E-state index contributed by atoms with van der Waals surface area (Å²) in [6.45, 7) is 0.648. The summed E-state index contributed by atoms with van der Waals surface area (Å²) in [5.41, 5.74) is 3.30. The van der Waals surface area contributed by atoms with Gasteiger partial charge in [-0.15, -0.1) is 0 Å². The zero-order chi connectivity index (χ0) is 13.6. The van der Waals surface area contributed by atoms with Crippen LogP contribution in [-0.4, -0.2) is 12.8 Å². The molecule has 0 saturated carbocycles. The molecule has 0 spiro atoms. The quantitative estimate of drug-likeness (QED) is 0.787. The number of hydroxylamine groups is 1. The first-order valence-corrected chi connectivity index (χ1v) is 5.99. The molecule has 0 aliphatic rings. The third-order valence-electron chi connectivity index (χ3n) is 2.31. The summed E-state index contributed by atoms with van der Waals surface area (Å²) in [6.07, 6.45) is -2.82. The van der Waals surface area contributed by atoms with Crippen molar-refractivity contribution < 1.29 is 18.0 Å². The topological polar surface area (TPSA) is 21.3 Å². The molecule has 0 fully saturated rings. The average molecular weight is 282 g/mol. The molecule has 0 aliphatic carbocycles. The predicted molar refractivity (Wildman–Crippen MR) is 64.2 cm³/mol. The van der Waals surface area contributed by atoms with Crippen molar-refractivity contribution in [2.75, 3.05) is 6.61 Å². The van der Waals surface area contributed by atoms with E-state index in [1.54, 1.807) is 24.3 Å². The van der Waals surface area contributed by atoms with Gasteiger partial charge in [0.1, 0.15) is 0 Å². The normalized spacial score (nSPS) is 13.6. The second kappa shape index (κ2) is 6.97. The maximum atomic E-state index is 12.0. The van der Waals surface area contributed by atoms with Crippen molar-refractivity contribution in [3.8, 4) is 0 Å². The Bertz CT molecular complexity index is 353. The SMILES string of the molecule is CCCC(NOCC(F)(F)F)c1ccc(Cl)cc1. The zero-order valence-corrected chi connectivity index (χ0v) is 10.7. The highest BCUT2D eigenvalue weighted by Gasteiger charge is 2.28. The Kier molecular flexibility index (Phi) is 5.91. The van der Waals surface area contributed by atoms with Crippen molar-refractivity contribution in [2.45, 2.75) is 32.0 Å². The smallest absolute Gasteiger partial charge is 0.292 e. The van der Waals surface area contributed by atoms with E-state index in [0.29, 0.717) is 11.4 Å². The van der Waals surface area contributed by atoms with Crippen LogP contribution in [-0.2, 0) is 4.84 Å². The lowest BCUT2D eigenvalue weighted by atomic mass is 10.0. The first-order valence-electron chi connectivity index (χ1n) is 5.62. The largest absolute Gasteiger partial charge is 0.413 e. The Morgan fingerprint density at radius 2 is 1.89 bits per heavy atom. The van der Waals surface area contributed by atoms with Gasteiger partial charge in [-0.05, 0) is 24.1 Å². The van der Waals surface area contributed by atoms with Crippen LogP contribution in [0.2, 0.25) is 5.02 Å². The Hall–Kier alpha value is -0.780. The summed E-state index contributed by atoms with van der Waals surface area (Å²) in [4.78, 5) is 4.49. The lowest BCUT2D eigenvalue weighted by molar-refractivity contribution is -0.193. The Morgan fingerprint density at radius 3 is 2.39 bits per heavy atom. The van der Waals surface area contributed by atoms with E-state index in [0.717, 1.165) is 12.0 Å². The van der Waals surface area contributed by atoms with Gasteiger partial charge in [0.25, 0.3) is 0 Å². The predicted octanol–water partition coefficient (Wildman–Crippen LogP) is 4.26. The minimum absolute atomic E-state index is 0.269. The fourth-order valence-corrected chi connectivity index (χ4v) is 1.63. The van der Waals surface area contributed by atoms with Crippen LogP contribution >= 0.6 is 11.6 Å². The number of benzene rings is 1. The van der Waals surface area contributed by atoms with Crippen molar-refractivity contribution in [1.82, 2.24) is 5.48 Å². The van der Waals surface area contributed by atoms with Gasteiger partial charge >= 0.3 is 6.18 Å². The van der Waals surface area contributed by atoms with E-state index in [1.165, 1.54) is 0 Å². The van der Waals surface area contributed by atoms with Gasteiger partial charge in [0.05, 0.1) is 6.04 Å². The highest BCUT2D eigenvalue weighted by Crippen LogP contribution is 2.21. The first kappa shape index (κ1) is 15.3. The molecule has 1 rings (SSSR count). The molecule has 102 valence electrons. The highest BCUT2D eigenvalue weighted by atomic mass is 35.5. The summed E-state index contributed by atoms with van der Waals surface area (Å²) in [7, 11) is 0. The number of halogens is 4. The van der Waals surface area contributed by atoms with E-state index < -0.39 is 12.8 Å². The average Bonchev–Trinajstić information content (AvgIpc) is 2.27. The van der Waals surface area contributed by atoms with Crippen LogP contribution in [0.3, 0.4) is 0 Å². The summed E-state index contributed by atoms with van der Waals surface area (Å²) >= 11 is 5.76. The minimum Gasteiger partial charge on any atom is -0.292 e. The van der Waals surface area contributed by atoms with Crippen molar-refractivity contribution in [3.63, 3.8) is 0 Å². The fraction of sp³-hybridized carbons (Fsp3) is 0.500. The molecule has 0 radical (unpaired) electrons. The molecule has 1 unspecified atom stereocenters. The summed E-state index contributed by atoms with van der Waals surface area (Å²) in [5, 5.41) is 0.588. The molecule has 1 aromatic rings. The molecule has 0 saturated heterocycles. The maximum Gasteiger partial charge on any atom is 0.413 e. The molecule has 18 heavy (non-hydrogen) atoms. The van der Waals surface area contributed by atoms with Crippen LogP contribution in [0.25, 0.3) is 0 Å². The standard InChI is InChI=1S/C12H15ClF3NO/c1-2-3-11(17-18-8-12(14,15)16)9-4-6-10(13)7-5-9/h4-7,11,17H,2-3,8H2,1H3. The van der Waals surface area contributed by atoms with Crippen LogP contribution in [0.1, 0.15) is 31.4 Å². The van der Waals surface area contributed by atoms with Gasteiger partial charge in [0.15, 0.2) is 6.61 Å². The van der Waals surface area contributed by atoms with Crippen LogP contribution in [0.5, 0.6) is 0 Å². The number of nitrogens with one attached hydrogen (secondary N) is 1. The third-order valence-corrected chi connectivity index (χ3v) is 2.56. The third kappa shape index (κ3) is 5.71. The monoisotopic (exact) mass is 281 g/mol. The van der Waals surface area contributed by atoms with Crippen molar-refractivity contribution >= 4 is 11.6 Å². The molecule has 0 amide bonds. The number of rotatable bonds is 6. The van der Waals surface area contributed by atoms with E-state index in [1.807, 2.05) is 6.92 Å². The van der Waals surface area contributed by atoms with Gasteiger partial charge in [-0.25, -0.2) is 0 Å².